The molecule has 2 unspecified atom stereocenters. The maximum Gasteiger partial charge on any atom is 0.123 e. The smallest absolute Gasteiger partial charge is 0.123 e. The Morgan fingerprint density at radius 1 is 1.00 bits per heavy atom. The molecule has 2 aromatic carbocycles. The van der Waals surface area contributed by atoms with Gasteiger partial charge in [-0.3, -0.25) is 0 Å². The van der Waals surface area contributed by atoms with E-state index in [1.54, 1.807) is 0 Å². The Bertz CT molecular complexity index is 566. The molecule has 2 nitrogen and oxygen atoms in total. The van der Waals surface area contributed by atoms with Crippen LogP contribution >= 0.6 is 0 Å². The Morgan fingerprint density at radius 3 is 2.24 bits per heavy atom. The van der Waals surface area contributed by atoms with E-state index in [1.165, 1.54) is 25.0 Å². The van der Waals surface area contributed by atoms with Crippen LogP contribution in [0.2, 0.25) is 0 Å². The molecule has 3 rings (SSSR count). The second-order valence-corrected chi connectivity index (χ2v) is 5.68. The van der Waals surface area contributed by atoms with Crippen molar-refractivity contribution in [3.63, 3.8) is 0 Å². The van der Waals surface area contributed by atoms with Gasteiger partial charge in [-0.05, 0) is 42.0 Å². The van der Waals surface area contributed by atoms with Crippen LogP contribution in [0.5, 0.6) is 0 Å². The van der Waals surface area contributed by atoms with Crippen LogP contribution in [0.4, 0.5) is 4.39 Å². The van der Waals surface area contributed by atoms with Crippen LogP contribution in [0, 0.1) is 11.7 Å². The van der Waals surface area contributed by atoms with Crippen LogP contribution in [0.25, 0.3) is 0 Å². The molecular formula is C18H20FNO. The van der Waals surface area contributed by atoms with E-state index in [0.717, 1.165) is 11.1 Å². The molecule has 0 saturated heterocycles. The summed E-state index contributed by atoms with van der Waals surface area (Å²) in [6, 6.07) is 16.7. The predicted octanol–water partition coefficient (Wildman–Crippen LogP) is 3.60. The lowest BCUT2D eigenvalue weighted by Gasteiger charge is -2.25. The van der Waals surface area contributed by atoms with Crippen LogP contribution in [0.15, 0.2) is 54.6 Å². The molecule has 0 amide bonds. The second kappa shape index (κ2) is 6.37. The predicted molar refractivity (Wildman–Crippen MR) is 81.3 cm³/mol. The van der Waals surface area contributed by atoms with Crippen molar-refractivity contribution in [2.24, 2.45) is 5.92 Å². The average molecular weight is 285 g/mol. The van der Waals surface area contributed by atoms with Gasteiger partial charge in [0.25, 0.3) is 0 Å². The number of rotatable bonds is 6. The van der Waals surface area contributed by atoms with Gasteiger partial charge in [0.15, 0.2) is 0 Å². The lowest BCUT2D eigenvalue weighted by Crippen LogP contribution is -2.30. The van der Waals surface area contributed by atoms with Crippen LogP contribution in [0.3, 0.4) is 0 Å². The summed E-state index contributed by atoms with van der Waals surface area (Å²) in [5.74, 6) is 0.364. The molecule has 0 radical (unpaired) electrons. The zero-order valence-electron chi connectivity index (χ0n) is 11.9. The fourth-order valence-corrected chi connectivity index (χ4v) is 2.76. The van der Waals surface area contributed by atoms with E-state index in [1.807, 2.05) is 42.5 Å². The number of aliphatic hydroxyl groups excluding tert-OH is 1. The standard InChI is InChI=1S/C18H20FNO/c19-16-10-8-15(9-11-16)18(14-6-7-14)20-17(12-21)13-4-2-1-3-5-13/h1-5,8-11,14,17-18,20-21H,6-7,12H2. The van der Waals surface area contributed by atoms with E-state index in [-0.39, 0.29) is 24.5 Å². The molecule has 0 aromatic heterocycles. The summed E-state index contributed by atoms with van der Waals surface area (Å²) in [6.07, 6.45) is 2.37. The summed E-state index contributed by atoms with van der Waals surface area (Å²) in [5.41, 5.74) is 2.17. The number of hydrogen-bond acceptors (Lipinski definition) is 2. The van der Waals surface area contributed by atoms with Crippen molar-refractivity contribution in [2.45, 2.75) is 24.9 Å². The van der Waals surface area contributed by atoms with E-state index in [2.05, 4.69) is 5.32 Å². The summed E-state index contributed by atoms with van der Waals surface area (Å²) in [5, 5.41) is 13.2. The van der Waals surface area contributed by atoms with E-state index in [0.29, 0.717) is 5.92 Å². The van der Waals surface area contributed by atoms with Crippen molar-refractivity contribution in [1.82, 2.24) is 5.32 Å². The van der Waals surface area contributed by atoms with Crippen LogP contribution < -0.4 is 5.32 Å². The lowest BCUT2D eigenvalue weighted by molar-refractivity contribution is 0.228. The third kappa shape index (κ3) is 3.49. The summed E-state index contributed by atoms with van der Waals surface area (Å²) >= 11 is 0. The Hall–Kier alpha value is -1.71. The number of nitrogens with one attached hydrogen (secondary N) is 1. The zero-order valence-corrected chi connectivity index (χ0v) is 11.9. The summed E-state index contributed by atoms with van der Waals surface area (Å²) < 4.78 is 13.1. The Balaban J connectivity index is 1.80. The van der Waals surface area contributed by atoms with Gasteiger partial charge in [0.2, 0.25) is 0 Å². The molecule has 2 atom stereocenters. The van der Waals surface area contributed by atoms with Crippen molar-refractivity contribution >= 4 is 0 Å². The van der Waals surface area contributed by atoms with E-state index < -0.39 is 0 Å². The largest absolute Gasteiger partial charge is 0.394 e. The van der Waals surface area contributed by atoms with Gasteiger partial charge in [-0.2, -0.15) is 0 Å². The number of halogens is 1. The van der Waals surface area contributed by atoms with Crippen molar-refractivity contribution in [2.75, 3.05) is 6.61 Å². The number of aliphatic hydroxyl groups is 1. The fourth-order valence-electron chi connectivity index (χ4n) is 2.76. The zero-order chi connectivity index (χ0) is 14.7. The minimum Gasteiger partial charge on any atom is -0.394 e. The Morgan fingerprint density at radius 2 is 1.67 bits per heavy atom. The monoisotopic (exact) mass is 285 g/mol. The number of hydrogen-bond donors (Lipinski definition) is 2. The van der Waals surface area contributed by atoms with Gasteiger partial charge in [0.05, 0.1) is 12.6 Å². The Kier molecular flexibility index (Phi) is 4.32. The van der Waals surface area contributed by atoms with Crippen LogP contribution in [-0.4, -0.2) is 11.7 Å². The SMILES string of the molecule is OCC(NC(c1ccc(F)cc1)C1CC1)c1ccccc1. The summed E-state index contributed by atoms with van der Waals surface area (Å²) in [7, 11) is 0. The molecule has 0 bridgehead atoms. The minimum atomic E-state index is -0.213. The van der Waals surface area contributed by atoms with E-state index >= 15 is 0 Å². The van der Waals surface area contributed by atoms with Crippen molar-refractivity contribution in [1.29, 1.82) is 0 Å². The highest BCUT2D eigenvalue weighted by molar-refractivity contribution is 5.24. The summed E-state index contributed by atoms with van der Waals surface area (Å²) in [6.45, 7) is 0.0500. The molecular weight excluding hydrogens is 265 g/mol. The molecule has 21 heavy (non-hydrogen) atoms. The molecule has 3 heteroatoms. The van der Waals surface area contributed by atoms with Gasteiger partial charge in [-0.15, -0.1) is 0 Å². The Labute approximate surface area is 124 Å². The second-order valence-electron chi connectivity index (χ2n) is 5.68. The van der Waals surface area contributed by atoms with Gasteiger partial charge in [-0.1, -0.05) is 42.5 Å². The minimum absolute atomic E-state index is 0.0500. The first-order valence-electron chi connectivity index (χ1n) is 7.45. The third-order valence-electron chi connectivity index (χ3n) is 4.09. The molecule has 0 aliphatic heterocycles. The molecule has 0 heterocycles. The topological polar surface area (TPSA) is 32.3 Å². The van der Waals surface area contributed by atoms with Gasteiger partial charge in [-0.25, -0.2) is 4.39 Å². The molecule has 2 N–H and O–H groups in total. The highest BCUT2D eigenvalue weighted by atomic mass is 19.1. The van der Waals surface area contributed by atoms with Crippen molar-refractivity contribution in [3.8, 4) is 0 Å². The van der Waals surface area contributed by atoms with Gasteiger partial charge < -0.3 is 10.4 Å². The van der Waals surface area contributed by atoms with Gasteiger partial charge in [0, 0.05) is 6.04 Å². The average Bonchev–Trinajstić information content (AvgIpc) is 3.35. The molecule has 2 aromatic rings. The molecule has 1 saturated carbocycles. The molecule has 1 aliphatic carbocycles. The first-order valence-corrected chi connectivity index (χ1v) is 7.45. The normalized spacial score (nSPS) is 17.4. The maximum atomic E-state index is 13.1. The van der Waals surface area contributed by atoms with Gasteiger partial charge >= 0.3 is 0 Å². The fraction of sp³-hybridized carbons (Fsp3) is 0.333. The molecule has 1 aliphatic rings. The molecule has 110 valence electrons. The highest BCUT2D eigenvalue weighted by Gasteiger charge is 2.33. The highest BCUT2D eigenvalue weighted by Crippen LogP contribution is 2.42. The number of benzene rings is 2. The first-order chi connectivity index (χ1) is 10.3. The maximum absolute atomic E-state index is 13.1. The quantitative estimate of drug-likeness (QED) is 0.850. The van der Waals surface area contributed by atoms with Crippen molar-refractivity contribution < 1.29 is 9.50 Å². The molecule has 0 spiro atoms. The lowest BCUT2D eigenvalue weighted by atomic mass is 9.99. The first kappa shape index (κ1) is 14.2. The van der Waals surface area contributed by atoms with Gasteiger partial charge in [0.1, 0.15) is 5.82 Å². The van der Waals surface area contributed by atoms with E-state index in [9.17, 15) is 9.50 Å². The van der Waals surface area contributed by atoms with Crippen LogP contribution in [-0.2, 0) is 0 Å². The molecule has 1 fully saturated rings. The third-order valence-corrected chi connectivity index (χ3v) is 4.09. The van der Waals surface area contributed by atoms with Crippen LogP contribution in [0.1, 0.15) is 36.1 Å². The summed E-state index contributed by atoms with van der Waals surface area (Å²) in [4.78, 5) is 0. The van der Waals surface area contributed by atoms with Crippen molar-refractivity contribution in [3.05, 3.63) is 71.5 Å². The van der Waals surface area contributed by atoms with E-state index in [4.69, 9.17) is 0 Å².